The van der Waals surface area contributed by atoms with Gasteiger partial charge in [-0.25, -0.2) is 18.0 Å². The fourth-order valence-corrected chi connectivity index (χ4v) is 9.47. The van der Waals surface area contributed by atoms with Crippen LogP contribution in [0.15, 0.2) is 36.4 Å². The summed E-state index contributed by atoms with van der Waals surface area (Å²) in [6, 6.07) is 4.58. The zero-order chi connectivity index (χ0) is 35.8. The van der Waals surface area contributed by atoms with Gasteiger partial charge >= 0.3 is 12.1 Å². The summed E-state index contributed by atoms with van der Waals surface area (Å²) < 4.78 is 27.8. The summed E-state index contributed by atoms with van der Waals surface area (Å²) in [5.41, 5.74) is 0.643. The van der Waals surface area contributed by atoms with Gasteiger partial charge in [-0.3, -0.25) is 19.1 Å². The highest BCUT2D eigenvalue weighted by Crippen LogP contribution is 2.46. The van der Waals surface area contributed by atoms with Gasteiger partial charge < -0.3 is 31.1 Å². The van der Waals surface area contributed by atoms with Crippen LogP contribution in [-0.2, 0) is 37.5 Å². The monoisotopic (exact) mass is 723 g/mol. The van der Waals surface area contributed by atoms with E-state index in [9.17, 15) is 32.4 Å². The summed E-state index contributed by atoms with van der Waals surface area (Å²) >= 11 is 0. The number of sulfonamides is 1. The molecule has 3 aliphatic heterocycles. The van der Waals surface area contributed by atoms with Crippen molar-refractivity contribution in [1.29, 1.82) is 0 Å². The first kappa shape index (κ1) is 35.3. The van der Waals surface area contributed by atoms with E-state index in [1.54, 1.807) is 4.90 Å². The molecule has 15 heteroatoms. The van der Waals surface area contributed by atoms with Crippen LogP contribution < -0.4 is 26.0 Å². The summed E-state index contributed by atoms with van der Waals surface area (Å²) in [4.78, 5) is 72.0. The molecule has 3 saturated carbocycles. The lowest BCUT2D eigenvalue weighted by Gasteiger charge is -2.30. The molecule has 1 aromatic rings. The van der Waals surface area contributed by atoms with Crippen LogP contribution >= 0.6 is 0 Å². The molecular formula is C36H49N7O7S. The van der Waals surface area contributed by atoms with Crippen LogP contribution in [0.5, 0.6) is 0 Å². The average Bonchev–Trinajstić information content (AvgIpc) is 3.88. The standard InChI is InChI=1S/C36H49N7O7S/c44-31-30-18-27(38-35(48)42-20-23-10-6-7-11-24(23)21-42)22-43(30)32(45)29(39-34(47)37-26-13-8-9-14-26)15-5-3-1-2-4-12-25-19-36(25,40-31)33(46)41-51(49,50)28-16-17-28/h4,6-7,10-12,25-30H,1-3,5,8-9,13-22H2,(H,38,48)(H,40,44)(H,41,46)(H2,37,39,47)/b12-4-/t25-,27+,29-,30-,36+/m0/s1. The number of rotatable bonds is 6. The SMILES string of the molecule is O=C(NC1CCCC1)N[C@H]1CCCCC/C=C\[C@H]2C[C@@]2(C(=O)NS(=O)(=O)C2CC2)NC(=O)[C@@H]2C[C@@H](NC(=O)N3Cc4ccccc4C3)CN2C1=O. The average molecular weight is 724 g/mol. The van der Waals surface area contributed by atoms with E-state index >= 15 is 0 Å². The number of nitrogens with one attached hydrogen (secondary N) is 5. The Kier molecular flexibility index (Phi) is 10.0. The van der Waals surface area contributed by atoms with Crippen molar-refractivity contribution in [2.45, 2.75) is 132 Å². The Labute approximate surface area is 298 Å². The third-order valence-corrected chi connectivity index (χ3v) is 13.2. The van der Waals surface area contributed by atoms with Gasteiger partial charge in [0.05, 0.1) is 11.3 Å². The van der Waals surface area contributed by atoms with Gasteiger partial charge in [0.25, 0.3) is 5.91 Å². The van der Waals surface area contributed by atoms with Gasteiger partial charge in [-0.1, -0.05) is 62.1 Å². The maximum Gasteiger partial charge on any atom is 0.318 e. The topological polar surface area (TPSA) is 186 Å². The minimum atomic E-state index is -3.87. The number of fused-ring (bicyclic) bond motifs is 3. The molecule has 6 aliphatic rings. The van der Waals surface area contributed by atoms with E-state index in [0.29, 0.717) is 38.8 Å². The Morgan fingerprint density at radius 2 is 1.55 bits per heavy atom. The molecule has 0 radical (unpaired) electrons. The summed E-state index contributed by atoms with van der Waals surface area (Å²) in [6.45, 7) is 0.920. The number of nitrogens with zero attached hydrogens (tertiary/aromatic N) is 2. The molecule has 14 nitrogen and oxygen atoms in total. The van der Waals surface area contributed by atoms with Crippen molar-refractivity contribution in [1.82, 2.24) is 35.8 Å². The lowest BCUT2D eigenvalue weighted by Crippen LogP contribution is -2.59. The van der Waals surface area contributed by atoms with Crippen molar-refractivity contribution in [3.63, 3.8) is 0 Å². The normalized spacial score (nSPS) is 30.5. The lowest BCUT2D eigenvalue weighted by molar-refractivity contribution is -0.141. The number of benzene rings is 1. The Balaban J connectivity index is 1.12. The van der Waals surface area contributed by atoms with Gasteiger partial charge in [0.2, 0.25) is 21.8 Å². The molecule has 276 valence electrons. The third kappa shape index (κ3) is 7.87. The molecule has 4 fully saturated rings. The van der Waals surface area contributed by atoms with Crippen molar-refractivity contribution in [3.8, 4) is 0 Å². The van der Waals surface area contributed by atoms with E-state index in [2.05, 4.69) is 26.0 Å². The molecule has 1 aromatic carbocycles. The minimum Gasteiger partial charge on any atom is -0.339 e. The molecule has 1 saturated heterocycles. The number of carbonyl (C=O) groups is 5. The van der Waals surface area contributed by atoms with Crippen LogP contribution in [-0.4, -0.2) is 89.5 Å². The molecule has 3 heterocycles. The molecule has 3 aliphatic carbocycles. The Morgan fingerprint density at radius 3 is 2.25 bits per heavy atom. The first-order valence-electron chi connectivity index (χ1n) is 18.6. The Morgan fingerprint density at radius 1 is 0.843 bits per heavy atom. The largest absolute Gasteiger partial charge is 0.339 e. The molecule has 7 amide bonds. The first-order chi connectivity index (χ1) is 24.5. The van der Waals surface area contributed by atoms with Crippen LogP contribution in [0.25, 0.3) is 0 Å². The number of urea groups is 2. The second kappa shape index (κ2) is 14.5. The van der Waals surface area contributed by atoms with Crippen molar-refractivity contribution < 1.29 is 32.4 Å². The highest BCUT2D eigenvalue weighted by Gasteiger charge is 2.62. The zero-order valence-corrected chi connectivity index (χ0v) is 29.7. The van der Waals surface area contributed by atoms with Gasteiger partial charge in [0.15, 0.2) is 0 Å². The molecular weight excluding hydrogens is 675 g/mol. The zero-order valence-electron chi connectivity index (χ0n) is 28.9. The second-order valence-electron chi connectivity index (χ2n) is 15.2. The maximum atomic E-state index is 14.4. The fraction of sp³-hybridized carbons (Fsp3) is 0.639. The van der Waals surface area contributed by atoms with Crippen LogP contribution in [0.1, 0.15) is 94.6 Å². The molecule has 0 spiro atoms. The smallest absolute Gasteiger partial charge is 0.318 e. The van der Waals surface area contributed by atoms with E-state index in [1.165, 1.54) is 4.90 Å². The highest BCUT2D eigenvalue weighted by molar-refractivity contribution is 7.91. The Hall–Kier alpha value is -4.14. The molecule has 5 N–H and O–H groups in total. The van der Waals surface area contributed by atoms with E-state index < -0.39 is 68.6 Å². The lowest BCUT2D eigenvalue weighted by atomic mass is 10.0. The second-order valence-corrected chi connectivity index (χ2v) is 17.1. The summed E-state index contributed by atoms with van der Waals surface area (Å²) in [7, 11) is -3.87. The van der Waals surface area contributed by atoms with Crippen molar-refractivity contribution in [2.75, 3.05) is 6.54 Å². The van der Waals surface area contributed by atoms with Gasteiger partial charge in [0, 0.05) is 31.6 Å². The predicted octanol–water partition coefficient (Wildman–Crippen LogP) is 2.30. The van der Waals surface area contributed by atoms with Crippen molar-refractivity contribution in [3.05, 3.63) is 47.5 Å². The molecule has 0 unspecified atom stereocenters. The summed E-state index contributed by atoms with van der Waals surface area (Å²) in [6.07, 6.45) is 12.3. The van der Waals surface area contributed by atoms with E-state index in [0.717, 1.165) is 56.1 Å². The van der Waals surface area contributed by atoms with Gasteiger partial charge in [0.1, 0.15) is 17.6 Å². The van der Waals surface area contributed by atoms with Gasteiger partial charge in [-0.2, -0.15) is 0 Å². The number of hydrogen-bond donors (Lipinski definition) is 5. The van der Waals surface area contributed by atoms with Gasteiger partial charge in [-0.15, -0.1) is 0 Å². The van der Waals surface area contributed by atoms with Crippen LogP contribution in [0.3, 0.4) is 0 Å². The van der Waals surface area contributed by atoms with Crippen LogP contribution in [0, 0.1) is 5.92 Å². The highest BCUT2D eigenvalue weighted by atomic mass is 32.2. The number of amides is 7. The molecule has 5 atom stereocenters. The number of hydrogen-bond acceptors (Lipinski definition) is 7. The summed E-state index contributed by atoms with van der Waals surface area (Å²) in [5.74, 6) is -2.23. The van der Waals surface area contributed by atoms with Crippen LogP contribution in [0.2, 0.25) is 0 Å². The fourth-order valence-electron chi connectivity index (χ4n) is 8.10. The third-order valence-electron chi connectivity index (χ3n) is 11.3. The van der Waals surface area contributed by atoms with E-state index in [1.807, 2.05) is 36.4 Å². The maximum absolute atomic E-state index is 14.4. The van der Waals surface area contributed by atoms with Crippen molar-refractivity contribution >= 4 is 39.8 Å². The first-order valence-corrected chi connectivity index (χ1v) is 20.1. The van der Waals surface area contributed by atoms with E-state index in [4.69, 9.17) is 0 Å². The van der Waals surface area contributed by atoms with E-state index in [-0.39, 0.29) is 31.5 Å². The molecule has 0 bridgehead atoms. The van der Waals surface area contributed by atoms with Gasteiger partial charge in [-0.05, 0) is 68.9 Å². The quantitative estimate of drug-likeness (QED) is 0.279. The Bertz CT molecular complexity index is 1670. The minimum absolute atomic E-state index is 0.0322. The molecule has 51 heavy (non-hydrogen) atoms. The van der Waals surface area contributed by atoms with Crippen LogP contribution in [0.4, 0.5) is 9.59 Å². The predicted molar refractivity (Wildman–Crippen MR) is 187 cm³/mol. The number of carbonyl (C=O) groups excluding carboxylic acids is 5. The molecule has 0 aromatic heterocycles. The summed E-state index contributed by atoms with van der Waals surface area (Å²) in [5, 5.41) is 11.2. The number of allylic oxidation sites excluding steroid dienone is 1. The molecule has 7 rings (SSSR count). The van der Waals surface area contributed by atoms with Crippen molar-refractivity contribution in [2.24, 2.45) is 5.92 Å².